The fraction of sp³-hybridized carbons (Fsp3) is 0.200. The Labute approximate surface area is 147 Å². The van der Waals surface area contributed by atoms with Crippen molar-refractivity contribution < 1.29 is 14.5 Å². The van der Waals surface area contributed by atoms with E-state index in [0.29, 0.717) is 10.0 Å². The fourth-order valence-electron chi connectivity index (χ4n) is 1.92. The number of hydrogen-bond donors (Lipinski definition) is 1. The molecule has 1 heterocycles. The Morgan fingerprint density at radius 2 is 2.12 bits per heavy atom. The Balaban J connectivity index is 1.96. The number of halogens is 2. The molecule has 2 aromatic rings. The van der Waals surface area contributed by atoms with Gasteiger partial charge >= 0.3 is 5.82 Å². The molecule has 0 bridgehead atoms. The van der Waals surface area contributed by atoms with E-state index >= 15 is 0 Å². The number of nitrogens with one attached hydrogen (secondary N) is 1. The highest BCUT2D eigenvalue weighted by Crippen LogP contribution is 2.26. The molecule has 1 aromatic carbocycles. The van der Waals surface area contributed by atoms with Gasteiger partial charge in [0.2, 0.25) is 5.75 Å². The lowest BCUT2D eigenvalue weighted by molar-refractivity contribution is -0.390. The lowest BCUT2D eigenvalue weighted by Gasteiger charge is -2.15. The highest BCUT2D eigenvalue weighted by atomic mass is 35.5. The van der Waals surface area contributed by atoms with Crippen molar-refractivity contribution in [1.82, 2.24) is 10.3 Å². The number of pyridine rings is 1. The van der Waals surface area contributed by atoms with Crippen molar-refractivity contribution in [3.8, 4) is 5.75 Å². The molecule has 0 saturated heterocycles. The van der Waals surface area contributed by atoms with Crippen molar-refractivity contribution in [2.45, 2.75) is 13.0 Å². The number of carbonyl (C=O) groups excluding carboxylic acids is 1. The standard InChI is InChI=1S/C15H13Cl2N3O4/c1-9(10-4-5-11(16)12(17)7-10)19-14(21)8-24-13-3-2-6-18-15(13)20(22)23/h2-7,9H,8H2,1H3,(H,19,21). The van der Waals surface area contributed by atoms with Crippen molar-refractivity contribution in [3.05, 3.63) is 62.3 Å². The monoisotopic (exact) mass is 369 g/mol. The lowest BCUT2D eigenvalue weighted by Crippen LogP contribution is -2.31. The molecule has 0 spiro atoms. The van der Waals surface area contributed by atoms with E-state index in [1.807, 2.05) is 0 Å². The minimum Gasteiger partial charge on any atom is -0.476 e. The third kappa shape index (κ3) is 4.56. The summed E-state index contributed by atoms with van der Waals surface area (Å²) in [4.78, 5) is 25.7. The molecule has 2 rings (SSSR count). The number of benzene rings is 1. The van der Waals surface area contributed by atoms with Gasteiger partial charge in [-0.05, 0) is 46.7 Å². The summed E-state index contributed by atoms with van der Waals surface area (Å²) in [5.74, 6) is -0.950. The number of rotatable bonds is 6. The van der Waals surface area contributed by atoms with E-state index in [1.54, 1.807) is 25.1 Å². The van der Waals surface area contributed by atoms with E-state index in [-0.39, 0.29) is 18.4 Å². The van der Waals surface area contributed by atoms with Crippen LogP contribution in [0.25, 0.3) is 0 Å². The van der Waals surface area contributed by atoms with Crippen LogP contribution in [0.3, 0.4) is 0 Å². The second-order valence-electron chi connectivity index (χ2n) is 4.83. The maximum absolute atomic E-state index is 11.9. The molecule has 0 aliphatic heterocycles. The summed E-state index contributed by atoms with van der Waals surface area (Å²) in [5.41, 5.74) is 0.769. The molecule has 1 atom stereocenters. The number of hydrogen-bond acceptors (Lipinski definition) is 5. The van der Waals surface area contributed by atoms with Gasteiger partial charge in [-0.25, -0.2) is 0 Å². The van der Waals surface area contributed by atoms with Crippen LogP contribution >= 0.6 is 23.2 Å². The highest BCUT2D eigenvalue weighted by Gasteiger charge is 2.17. The van der Waals surface area contributed by atoms with Gasteiger partial charge in [-0.15, -0.1) is 0 Å². The van der Waals surface area contributed by atoms with Crippen molar-refractivity contribution in [3.63, 3.8) is 0 Å². The summed E-state index contributed by atoms with van der Waals surface area (Å²) < 4.78 is 5.18. The van der Waals surface area contributed by atoms with E-state index in [9.17, 15) is 14.9 Å². The second kappa shape index (κ2) is 7.94. The SMILES string of the molecule is CC(NC(=O)COc1cccnc1[N+](=O)[O-])c1ccc(Cl)c(Cl)c1. The topological polar surface area (TPSA) is 94.4 Å². The van der Waals surface area contributed by atoms with E-state index in [0.717, 1.165) is 5.56 Å². The van der Waals surface area contributed by atoms with Crippen LogP contribution in [0.15, 0.2) is 36.5 Å². The predicted molar refractivity (Wildman–Crippen MR) is 89.4 cm³/mol. The third-order valence-electron chi connectivity index (χ3n) is 3.10. The molecule has 9 heteroatoms. The van der Waals surface area contributed by atoms with Crippen LogP contribution in [0.4, 0.5) is 5.82 Å². The first-order chi connectivity index (χ1) is 11.4. The van der Waals surface area contributed by atoms with Gasteiger partial charge in [-0.1, -0.05) is 29.3 Å². The molecule has 1 aromatic heterocycles. The van der Waals surface area contributed by atoms with Crippen LogP contribution in [0.1, 0.15) is 18.5 Å². The van der Waals surface area contributed by atoms with Crippen molar-refractivity contribution in [1.29, 1.82) is 0 Å². The van der Waals surface area contributed by atoms with E-state index in [2.05, 4.69) is 10.3 Å². The first-order valence-electron chi connectivity index (χ1n) is 6.85. The number of amides is 1. The summed E-state index contributed by atoms with van der Waals surface area (Å²) in [5, 5.41) is 14.3. The van der Waals surface area contributed by atoms with Gasteiger partial charge in [-0.3, -0.25) is 4.79 Å². The first kappa shape index (κ1) is 18.0. The van der Waals surface area contributed by atoms with Crippen LogP contribution in [-0.4, -0.2) is 22.4 Å². The summed E-state index contributed by atoms with van der Waals surface area (Å²) >= 11 is 11.8. The minimum absolute atomic E-state index is 0.0696. The summed E-state index contributed by atoms with van der Waals surface area (Å²) in [6.07, 6.45) is 1.28. The molecule has 0 aliphatic carbocycles. The Morgan fingerprint density at radius 1 is 1.38 bits per heavy atom. The molecule has 0 saturated carbocycles. The zero-order chi connectivity index (χ0) is 17.7. The summed E-state index contributed by atoms with van der Waals surface area (Å²) in [6.45, 7) is 1.39. The zero-order valence-electron chi connectivity index (χ0n) is 12.5. The van der Waals surface area contributed by atoms with E-state index in [1.165, 1.54) is 18.3 Å². The van der Waals surface area contributed by atoms with E-state index < -0.39 is 16.6 Å². The van der Waals surface area contributed by atoms with Crippen molar-refractivity contribution in [2.24, 2.45) is 0 Å². The quantitative estimate of drug-likeness (QED) is 0.620. The van der Waals surface area contributed by atoms with E-state index in [4.69, 9.17) is 27.9 Å². The molecule has 0 aliphatic rings. The summed E-state index contributed by atoms with van der Waals surface area (Å²) in [7, 11) is 0. The minimum atomic E-state index is -0.675. The van der Waals surface area contributed by atoms with Crippen LogP contribution < -0.4 is 10.1 Å². The zero-order valence-corrected chi connectivity index (χ0v) is 14.0. The van der Waals surface area contributed by atoms with Gasteiger partial charge < -0.3 is 20.2 Å². The van der Waals surface area contributed by atoms with Crippen LogP contribution in [0.2, 0.25) is 10.0 Å². The molecule has 1 unspecified atom stereocenters. The second-order valence-corrected chi connectivity index (χ2v) is 5.65. The van der Waals surface area contributed by atoms with Crippen LogP contribution in [0, 0.1) is 10.1 Å². The smallest absolute Gasteiger partial charge is 0.406 e. The van der Waals surface area contributed by atoms with Gasteiger partial charge in [-0.2, -0.15) is 0 Å². The third-order valence-corrected chi connectivity index (χ3v) is 3.84. The fourth-order valence-corrected chi connectivity index (χ4v) is 2.23. The molecule has 0 radical (unpaired) electrons. The lowest BCUT2D eigenvalue weighted by atomic mass is 10.1. The Hall–Kier alpha value is -2.38. The van der Waals surface area contributed by atoms with Gasteiger partial charge in [0.05, 0.1) is 16.1 Å². The number of ether oxygens (including phenoxy) is 1. The van der Waals surface area contributed by atoms with Gasteiger partial charge in [0, 0.05) is 0 Å². The molecule has 24 heavy (non-hydrogen) atoms. The predicted octanol–water partition coefficient (Wildman–Crippen LogP) is 3.55. The molecule has 7 nitrogen and oxygen atoms in total. The number of nitrogens with zero attached hydrogens (tertiary/aromatic N) is 2. The Morgan fingerprint density at radius 3 is 2.79 bits per heavy atom. The first-order valence-corrected chi connectivity index (χ1v) is 7.60. The molecule has 126 valence electrons. The summed E-state index contributed by atoms with van der Waals surface area (Å²) in [6, 6.07) is 7.56. The Bertz CT molecular complexity index is 770. The van der Waals surface area contributed by atoms with Gasteiger partial charge in [0.1, 0.15) is 6.20 Å². The van der Waals surface area contributed by atoms with Gasteiger partial charge in [0.15, 0.2) is 6.61 Å². The average Bonchev–Trinajstić information content (AvgIpc) is 2.55. The maximum atomic E-state index is 11.9. The number of aromatic nitrogens is 1. The van der Waals surface area contributed by atoms with Crippen molar-refractivity contribution >= 4 is 34.9 Å². The molecule has 1 N–H and O–H groups in total. The highest BCUT2D eigenvalue weighted by molar-refractivity contribution is 6.42. The normalized spacial score (nSPS) is 11.6. The number of carbonyl (C=O) groups is 1. The molecule has 1 amide bonds. The van der Waals surface area contributed by atoms with Crippen molar-refractivity contribution in [2.75, 3.05) is 6.61 Å². The Kier molecular flexibility index (Phi) is 5.94. The average molecular weight is 370 g/mol. The van der Waals surface area contributed by atoms with Crippen LogP contribution in [0.5, 0.6) is 5.75 Å². The van der Waals surface area contributed by atoms with Crippen LogP contribution in [-0.2, 0) is 4.79 Å². The largest absolute Gasteiger partial charge is 0.476 e. The maximum Gasteiger partial charge on any atom is 0.406 e. The molecular weight excluding hydrogens is 357 g/mol. The van der Waals surface area contributed by atoms with Gasteiger partial charge in [0.25, 0.3) is 5.91 Å². The number of nitro groups is 1. The molecule has 0 fully saturated rings. The molecular formula is C15H13Cl2N3O4.